The number of carbonyl (C=O) groups excluding carboxylic acids is 1. The van der Waals surface area contributed by atoms with E-state index < -0.39 is 0 Å². The Morgan fingerprint density at radius 1 is 1.78 bits per heavy atom. The summed E-state index contributed by atoms with van der Waals surface area (Å²) in [6.45, 7) is 2.11. The molecule has 0 aromatic carbocycles. The van der Waals surface area contributed by atoms with Gasteiger partial charge in [0, 0.05) is 13.1 Å². The van der Waals surface area contributed by atoms with Crippen LogP contribution >= 0.6 is 0 Å². The van der Waals surface area contributed by atoms with Crippen LogP contribution in [0, 0.1) is 0 Å². The zero-order valence-corrected chi connectivity index (χ0v) is 5.48. The highest BCUT2D eigenvalue weighted by Crippen LogP contribution is 1.85. The number of hydrazine groups is 1. The Balaban J connectivity index is 2.32. The molecule has 1 saturated heterocycles. The van der Waals surface area contributed by atoms with Crippen molar-refractivity contribution in [3.63, 3.8) is 0 Å². The molecule has 1 fully saturated rings. The number of hydrogen-bond acceptors (Lipinski definition) is 3. The first kappa shape index (κ1) is 6.51. The predicted octanol–water partition coefficient (Wildman–Crippen LogP) is -1.45. The highest BCUT2D eigenvalue weighted by atomic mass is 16.2. The number of nitrogens with one attached hydrogen (secondary N) is 2. The third-order valence-electron chi connectivity index (χ3n) is 1.35. The van der Waals surface area contributed by atoms with Crippen molar-refractivity contribution < 1.29 is 4.79 Å². The van der Waals surface area contributed by atoms with Crippen LogP contribution < -0.4 is 10.7 Å². The van der Waals surface area contributed by atoms with Gasteiger partial charge in [0.25, 0.3) is 0 Å². The zero-order valence-electron chi connectivity index (χ0n) is 5.48. The summed E-state index contributed by atoms with van der Waals surface area (Å²) < 4.78 is 0. The molecule has 2 N–H and O–H groups in total. The van der Waals surface area contributed by atoms with E-state index >= 15 is 0 Å². The first-order chi connectivity index (χ1) is 4.33. The highest BCUT2D eigenvalue weighted by Gasteiger charge is 2.12. The summed E-state index contributed by atoms with van der Waals surface area (Å²) in [5.74, 6) is 0.0931. The van der Waals surface area contributed by atoms with Crippen LogP contribution in [0.15, 0.2) is 0 Å². The lowest BCUT2D eigenvalue weighted by Gasteiger charge is -2.24. The molecule has 1 rings (SSSR count). The third-order valence-corrected chi connectivity index (χ3v) is 1.35. The van der Waals surface area contributed by atoms with E-state index in [1.165, 1.54) is 0 Å². The van der Waals surface area contributed by atoms with Crippen molar-refractivity contribution >= 4 is 5.91 Å². The first-order valence-corrected chi connectivity index (χ1v) is 3.02. The summed E-state index contributed by atoms with van der Waals surface area (Å²) in [5.41, 5.74) is 2.91. The van der Waals surface area contributed by atoms with E-state index in [2.05, 4.69) is 10.7 Å². The van der Waals surface area contributed by atoms with Gasteiger partial charge in [-0.15, -0.1) is 0 Å². The molecule has 0 aromatic heterocycles. The lowest BCUT2D eigenvalue weighted by Crippen LogP contribution is -2.51. The number of carbonyl (C=O) groups is 1. The number of amides is 1. The van der Waals surface area contributed by atoms with Gasteiger partial charge in [0.15, 0.2) is 0 Å². The van der Waals surface area contributed by atoms with E-state index in [1.807, 2.05) is 12.1 Å². The molecule has 0 atom stereocenters. The molecule has 0 aromatic rings. The Bertz CT molecular complexity index is 115. The quantitative estimate of drug-likeness (QED) is 0.455. The molecule has 0 aliphatic carbocycles. The van der Waals surface area contributed by atoms with Crippen molar-refractivity contribution in [3.8, 4) is 0 Å². The van der Waals surface area contributed by atoms with Crippen molar-refractivity contribution in [2.75, 3.05) is 26.7 Å². The molecular weight excluding hydrogens is 118 g/mol. The number of rotatable bonds is 1. The summed E-state index contributed by atoms with van der Waals surface area (Å²) in [5, 5.41) is 4.60. The average molecular weight is 129 g/mol. The van der Waals surface area contributed by atoms with Crippen LogP contribution in [-0.2, 0) is 4.79 Å². The fourth-order valence-electron chi connectivity index (χ4n) is 0.829. The molecule has 0 bridgehead atoms. The summed E-state index contributed by atoms with van der Waals surface area (Å²) in [7, 11) is 1.82. The fourth-order valence-corrected chi connectivity index (χ4v) is 0.829. The molecule has 4 nitrogen and oxygen atoms in total. The van der Waals surface area contributed by atoms with Crippen molar-refractivity contribution in [2.45, 2.75) is 0 Å². The van der Waals surface area contributed by atoms with Crippen LogP contribution in [0.3, 0.4) is 0 Å². The van der Waals surface area contributed by atoms with Gasteiger partial charge in [-0.1, -0.05) is 0 Å². The van der Waals surface area contributed by atoms with Gasteiger partial charge in [0.1, 0.15) is 0 Å². The molecule has 1 aliphatic rings. The van der Waals surface area contributed by atoms with Crippen LogP contribution in [0.5, 0.6) is 0 Å². The van der Waals surface area contributed by atoms with Crippen LogP contribution in [-0.4, -0.2) is 37.6 Å². The van der Waals surface area contributed by atoms with E-state index in [0.717, 1.165) is 13.1 Å². The van der Waals surface area contributed by atoms with Crippen LogP contribution in [0.2, 0.25) is 0 Å². The largest absolute Gasteiger partial charge is 0.354 e. The van der Waals surface area contributed by atoms with Crippen LogP contribution in [0.1, 0.15) is 0 Å². The van der Waals surface area contributed by atoms with E-state index in [-0.39, 0.29) is 5.91 Å². The minimum absolute atomic E-state index is 0.0931. The van der Waals surface area contributed by atoms with Gasteiger partial charge >= 0.3 is 0 Å². The fraction of sp³-hybridized carbons (Fsp3) is 0.800. The average Bonchev–Trinajstić information content (AvgIpc) is 1.88. The second-order valence-corrected chi connectivity index (χ2v) is 2.00. The summed E-state index contributed by atoms with van der Waals surface area (Å²) >= 11 is 0. The maximum Gasteiger partial charge on any atom is 0.235 e. The van der Waals surface area contributed by atoms with Crippen LogP contribution in [0.4, 0.5) is 0 Å². The van der Waals surface area contributed by atoms with Gasteiger partial charge in [-0.05, 0) is 7.05 Å². The second-order valence-electron chi connectivity index (χ2n) is 2.00. The molecular formula is C5H11N3O. The summed E-state index contributed by atoms with van der Waals surface area (Å²) in [4.78, 5) is 10.6. The summed E-state index contributed by atoms with van der Waals surface area (Å²) in [6, 6.07) is 0. The van der Waals surface area contributed by atoms with Gasteiger partial charge in [-0.25, -0.2) is 5.01 Å². The molecule has 9 heavy (non-hydrogen) atoms. The SMILES string of the molecule is CNN1CCNC(=O)C1. The van der Waals surface area contributed by atoms with Crippen molar-refractivity contribution in [3.05, 3.63) is 0 Å². The molecule has 0 unspecified atom stereocenters. The maximum absolute atomic E-state index is 10.6. The van der Waals surface area contributed by atoms with E-state index in [1.54, 1.807) is 0 Å². The van der Waals surface area contributed by atoms with Crippen LogP contribution in [0.25, 0.3) is 0 Å². The molecule has 4 heteroatoms. The zero-order chi connectivity index (χ0) is 6.69. The van der Waals surface area contributed by atoms with Gasteiger partial charge in [0.05, 0.1) is 6.54 Å². The molecule has 1 amide bonds. The summed E-state index contributed by atoms with van der Waals surface area (Å²) in [6.07, 6.45) is 0. The maximum atomic E-state index is 10.6. The minimum Gasteiger partial charge on any atom is -0.354 e. The van der Waals surface area contributed by atoms with Gasteiger partial charge in [-0.3, -0.25) is 10.2 Å². The van der Waals surface area contributed by atoms with E-state index in [0.29, 0.717) is 6.54 Å². The molecule has 0 radical (unpaired) electrons. The van der Waals surface area contributed by atoms with Gasteiger partial charge in [0.2, 0.25) is 5.91 Å². The Morgan fingerprint density at radius 3 is 3.00 bits per heavy atom. The molecule has 0 spiro atoms. The molecule has 1 aliphatic heterocycles. The lowest BCUT2D eigenvalue weighted by molar-refractivity contribution is -0.124. The Kier molecular flexibility index (Phi) is 2.02. The second kappa shape index (κ2) is 2.80. The lowest BCUT2D eigenvalue weighted by atomic mass is 10.4. The topological polar surface area (TPSA) is 44.4 Å². The van der Waals surface area contributed by atoms with Gasteiger partial charge < -0.3 is 5.32 Å². The molecule has 0 saturated carbocycles. The Labute approximate surface area is 54.2 Å². The number of nitrogens with zero attached hydrogens (tertiary/aromatic N) is 1. The predicted molar refractivity (Wildman–Crippen MR) is 33.6 cm³/mol. The normalized spacial score (nSPS) is 21.7. The minimum atomic E-state index is 0.0931. The molecule has 52 valence electrons. The van der Waals surface area contributed by atoms with Gasteiger partial charge in [-0.2, -0.15) is 0 Å². The van der Waals surface area contributed by atoms with Crippen molar-refractivity contribution in [2.24, 2.45) is 0 Å². The monoisotopic (exact) mass is 129 g/mol. The van der Waals surface area contributed by atoms with E-state index in [9.17, 15) is 4.79 Å². The Morgan fingerprint density at radius 2 is 2.56 bits per heavy atom. The first-order valence-electron chi connectivity index (χ1n) is 3.02. The number of piperazine rings is 1. The standard InChI is InChI=1S/C5H11N3O/c1-6-8-3-2-7-5(9)4-8/h6H,2-4H2,1H3,(H,7,9). The van der Waals surface area contributed by atoms with Crippen molar-refractivity contribution in [1.29, 1.82) is 0 Å². The number of hydrogen-bond donors (Lipinski definition) is 2. The third kappa shape index (κ3) is 1.65. The highest BCUT2D eigenvalue weighted by molar-refractivity contribution is 5.78. The van der Waals surface area contributed by atoms with E-state index in [4.69, 9.17) is 0 Å². The molecule has 1 heterocycles. The smallest absolute Gasteiger partial charge is 0.235 e. The Hall–Kier alpha value is -0.610. The van der Waals surface area contributed by atoms with Crippen molar-refractivity contribution in [1.82, 2.24) is 15.8 Å².